The van der Waals surface area contributed by atoms with E-state index in [4.69, 9.17) is 0 Å². The van der Waals surface area contributed by atoms with Crippen LogP contribution < -0.4 is 5.32 Å². The minimum absolute atomic E-state index is 0.0403. The molecule has 3 heterocycles. The van der Waals surface area contributed by atoms with Crippen LogP contribution in [0.15, 0.2) is 12.1 Å². The van der Waals surface area contributed by atoms with Gasteiger partial charge in [0.25, 0.3) is 5.91 Å². The maximum atomic E-state index is 12.0. The molecule has 0 spiro atoms. The van der Waals surface area contributed by atoms with Gasteiger partial charge in [-0.3, -0.25) is 14.9 Å². The molecule has 1 aliphatic heterocycles. The lowest BCUT2D eigenvalue weighted by Crippen LogP contribution is -2.24. The molecule has 0 bridgehead atoms. The standard InChI is InChI=1S/C13H15N5O3S/c19-13(9-5-6-12(22-9)18(20)21)14-8-11-16-15-10-4-2-1-3-7-17(10)11/h5-6H,1-4,7-8H2,(H,14,19). The first kappa shape index (κ1) is 14.6. The van der Waals surface area contributed by atoms with Crippen molar-refractivity contribution in [2.45, 2.75) is 38.8 Å². The van der Waals surface area contributed by atoms with Crippen LogP contribution in [-0.2, 0) is 19.5 Å². The molecule has 0 saturated carbocycles. The number of hydrogen-bond acceptors (Lipinski definition) is 6. The number of aryl methyl sites for hydroxylation is 1. The number of hydrogen-bond donors (Lipinski definition) is 1. The topological polar surface area (TPSA) is 103 Å². The second-order valence-electron chi connectivity index (χ2n) is 5.07. The molecule has 0 unspecified atom stereocenters. The Morgan fingerprint density at radius 1 is 1.36 bits per heavy atom. The van der Waals surface area contributed by atoms with Crippen molar-refractivity contribution >= 4 is 22.2 Å². The predicted octanol–water partition coefficient (Wildman–Crippen LogP) is 1.90. The lowest BCUT2D eigenvalue weighted by Gasteiger charge is -2.07. The lowest BCUT2D eigenvalue weighted by molar-refractivity contribution is -0.380. The summed E-state index contributed by atoms with van der Waals surface area (Å²) in [6.45, 7) is 1.15. The van der Waals surface area contributed by atoms with Crippen molar-refractivity contribution in [2.75, 3.05) is 0 Å². The molecule has 0 aromatic carbocycles. The maximum Gasteiger partial charge on any atom is 0.324 e. The maximum absolute atomic E-state index is 12.0. The van der Waals surface area contributed by atoms with Crippen LogP contribution in [0.1, 0.15) is 40.6 Å². The van der Waals surface area contributed by atoms with Crippen molar-refractivity contribution in [3.05, 3.63) is 38.8 Å². The Hall–Kier alpha value is -2.29. The summed E-state index contributed by atoms with van der Waals surface area (Å²) >= 11 is 0.864. The molecular formula is C13H15N5O3S. The Balaban J connectivity index is 1.66. The van der Waals surface area contributed by atoms with Gasteiger partial charge in [0.2, 0.25) is 0 Å². The van der Waals surface area contributed by atoms with Crippen molar-refractivity contribution in [1.29, 1.82) is 0 Å². The Bertz CT molecular complexity index is 708. The quantitative estimate of drug-likeness (QED) is 0.684. The molecular weight excluding hydrogens is 306 g/mol. The highest BCUT2D eigenvalue weighted by molar-refractivity contribution is 7.17. The molecule has 1 amide bonds. The van der Waals surface area contributed by atoms with E-state index in [0.29, 0.717) is 4.88 Å². The molecule has 1 N–H and O–H groups in total. The first-order valence-corrected chi connectivity index (χ1v) is 7.90. The zero-order valence-corrected chi connectivity index (χ0v) is 12.6. The first-order chi connectivity index (χ1) is 10.6. The Morgan fingerprint density at radius 3 is 3.00 bits per heavy atom. The van der Waals surface area contributed by atoms with E-state index in [-0.39, 0.29) is 17.5 Å². The van der Waals surface area contributed by atoms with Gasteiger partial charge in [0, 0.05) is 19.0 Å². The van der Waals surface area contributed by atoms with Gasteiger partial charge in [0.15, 0.2) is 5.82 Å². The molecule has 2 aromatic rings. The molecule has 0 aliphatic carbocycles. The average Bonchev–Trinajstić information content (AvgIpc) is 3.07. The summed E-state index contributed by atoms with van der Waals surface area (Å²) in [4.78, 5) is 22.5. The number of thiophene rings is 1. The van der Waals surface area contributed by atoms with E-state index >= 15 is 0 Å². The summed E-state index contributed by atoms with van der Waals surface area (Å²) in [7, 11) is 0. The van der Waals surface area contributed by atoms with Crippen LogP contribution in [0.2, 0.25) is 0 Å². The molecule has 9 heteroatoms. The third kappa shape index (κ3) is 2.98. The van der Waals surface area contributed by atoms with Gasteiger partial charge in [-0.1, -0.05) is 17.8 Å². The second-order valence-corrected chi connectivity index (χ2v) is 6.13. The minimum Gasteiger partial charge on any atom is -0.344 e. The molecule has 116 valence electrons. The second kappa shape index (κ2) is 6.22. The van der Waals surface area contributed by atoms with Gasteiger partial charge in [-0.2, -0.15) is 0 Å². The number of carbonyl (C=O) groups is 1. The third-order valence-corrected chi connectivity index (χ3v) is 4.62. The van der Waals surface area contributed by atoms with Crippen molar-refractivity contribution in [2.24, 2.45) is 0 Å². The Morgan fingerprint density at radius 2 is 2.23 bits per heavy atom. The number of nitro groups is 1. The summed E-state index contributed by atoms with van der Waals surface area (Å²) in [5, 5.41) is 21.6. The van der Waals surface area contributed by atoms with Crippen LogP contribution >= 0.6 is 11.3 Å². The number of nitrogens with zero attached hydrogens (tertiary/aromatic N) is 4. The average molecular weight is 321 g/mol. The number of nitrogens with one attached hydrogen (secondary N) is 1. The normalized spacial score (nSPS) is 14.2. The van der Waals surface area contributed by atoms with Crippen LogP contribution in [0.3, 0.4) is 0 Å². The summed E-state index contributed by atoms with van der Waals surface area (Å²) < 4.78 is 2.06. The van der Waals surface area contributed by atoms with Crippen molar-refractivity contribution in [3.63, 3.8) is 0 Å². The monoisotopic (exact) mass is 321 g/mol. The first-order valence-electron chi connectivity index (χ1n) is 7.08. The number of amides is 1. The fourth-order valence-corrected chi connectivity index (χ4v) is 3.21. The zero-order chi connectivity index (χ0) is 15.5. The SMILES string of the molecule is O=C(NCc1nnc2n1CCCCC2)c1ccc([N+](=O)[O-])s1. The fraction of sp³-hybridized carbons (Fsp3) is 0.462. The van der Waals surface area contributed by atoms with Crippen molar-refractivity contribution in [3.8, 4) is 0 Å². The molecule has 0 atom stereocenters. The number of carbonyl (C=O) groups excluding carboxylic acids is 1. The van der Waals surface area contributed by atoms with Crippen LogP contribution in [0.25, 0.3) is 0 Å². The van der Waals surface area contributed by atoms with Gasteiger partial charge in [0.05, 0.1) is 16.3 Å². The van der Waals surface area contributed by atoms with Crippen molar-refractivity contribution in [1.82, 2.24) is 20.1 Å². The van der Waals surface area contributed by atoms with Crippen LogP contribution in [-0.4, -0.2) is 25.6 Å². The molecule has 22 heavy (non-hydrogen) atoms. The van der Waals surface area contributed by atoms with Gasteiger partial charge < -0.3 is 9.88 Å². The van der Waals surface area contributed by atoms with E-state index in [2.05, 4.69) is 20.1 Å². The predicted molar refractivity (Wildman–Crippen MR) is 79.7 cm³/mol. The summed E-state index contributed by atoms with van der Waals surface area (Å²) in [5.74, 6) is 1.37. The van der Waals surface area contributed by atoms with E-state index in [0.717, 1.165) is 48.8 Å². The van der Waals surface area contributed by atoms with Gasteiger partial charge in [-0.25, -0.2) is 0 Å². The molecule has 0 saturated heterocycles. The summed E-state index contributed by atoms with van der Waals surface area (Å²) in [6.07, 6.45) is 4.29. The van der Waals surface area contributed by atoms with E-state index in [1.807, 2.05) is 0 Å². The highest BCUT2D eigenvalue weighted by atomic mass is 32.1. The van der Waals surface area contributed by atoms with Gasteiger partial charge >= 0.3 is 5.00 Å². The smallest absolute Gasteiger partial charge is 0.324 e. The molecule has 1 aliphatic rings. The highest BCUT2D eigenvalue weighted by Crippen LogP contribution is 2.23. The van der Waals surface area contributed by atoms with E-state index in [1.165, 1.54) is 18.6 Å². The van der Waals surface area contributed by atoms with E-state index < -0.39 is 4.92 Å². The Kier molecular flexibility index (Phi) is 4.14. The largest absolute Gasteiger partial charge is 0.344 e. The molecule has 2 aromatic heterocycles. The summed E-state index contributed by atoms with van der Waals surface area (Å²) in [5.41, 5.74) is 0. The molecule has 3 rings (SSSR count). The van der Waals surface area contributed by atoms with Crippen LogP contribution in [0, 0.1) is 10.1 Å². The zero-order valence-electron chi connectivity index (χ0n) is 11.8. The fourth-order valence-electron chi connectivity index (χ4n) is 2.47. The van der Waals surface area contributed by atoms with Crippen LogP contribution in [0.4, 0.5) is 5.00 Å². The number of rotatable bonds is 4. The third-order valence-electron chi connectivity index (χ3n) is 3.59. The van der Waals surface area contributed by atoms with E-state index in [1.54, 1.807) is 0 Å². The van der Waals surface area contributed by atoms with Crippen molar-refractivity contribution < 1.29 is 9.72 Å². The van der Waals surface area contributed by atoms with Crippen LogP contribution in [0.5, 0.6) is 0 Å². The minimum atomic E-state index is -0.500. The Labute approximate surface area is 130 Å². The van der Waals surface area contributed by atoms with Gasteiger partial charge in [0.1, 0.15) is 5.82 Å². The molecule has 0 radical (unpaired) electrons. The van der Waals surface area contributed by atoms with Gasteiger partial charge in [-0.05, 0) is 18.9 Å². The van der Waals surface area contributed by atoms with E-state index in [9.17, 15) is 14.9 Å². The number of aromatic nitrogens is 3. The van der Waals surface area contributed by atoms with Gasteiger partial charge in [-0.15, -0.1) is 10.2 Å². The summed E-state index contributed by atoms with van der Waals surface area (Å²) in [6, 6.07) is 2.80. The highest BCUT2D eigenvalue weighted by Gasteiger charge is 2.18. The molecule has 8 nitrogen and oxygen atoms in total. The number of fused-ring (bicyclic) bond motifs is 1. The lowest BCUT2D eigenvalue weighted by atomic mass is 10.2. The molecule has 0 fully saturated rings.